The third-order valence-electron chi connectivity index (χ3n) is 12.9. The molecule has 3 N–H and O–H groups in total. The van der Waals surface area contributed by atoms with Gasteiger partial charge in [-0.3, -0.25) is 19.2 Å². The molecule has 0 aliphatic carbocycles. The van der Waals surface area contributed by atoms with Gasteiger partial charge in [0.05, 0.1) is 32.5 Å². The Morgan fingerprint density at radius 3 is 1.43 bits per heavy atom. The van der Waals surface area contributed by atoms with E-state index in [-0.39, 0.29) is 51.6 Å². The molecule has 7 atom stereocenters. The van der Waals surface area contributed by atoms with Crippen molar-refractivity contribution >= 4 is 23.7 Å². The van der Waals surface area contributed by atoms with Gasteiger partial charge in [0.25, 0.3) is 0 Å². The number of rotatable bonds is 35. The fraction of sp³-hybridized carbons (Fsp3) is 0.525. The van der Waals surface area contributed by atoms with Gasteiger partial charge in [0.2, 0.25) is 17.7 Å². The molecule has 1 saturated heterocycles. The zero-order valence-electron chi connectivity index (χ0n) is 43.0. The highest BCUT2D eigenvalue weighted by atomic mass is 16.7. The summed E-state index contributed by atoms with van der Waals surface area (Å²) >= 11 is 0. The maximum Gasteiger partial charge on any atom is 0.306 e. The summed E-state index contributed by atoms with van der Waals surface area (Å²) in [5, 5.41) is 8.28. The van der Waals surface area contributed by atoms with Gasteiger partial charge in [0.1, 0.15) is 37.0 Å². The van der Waals surface area contributed by atoms with Crippen LogP contribution in [0.25, 0.3) is 0 Å². The molecule has 1 aliphatic heterocycles. The molecule has 72 heavy (non-hydrogen) atoms. The van der Waals surface area contributed by atoms with E-state index in [4.69, 9.17) is 28.4 Å². The molecule has 4 aromatic carbocycles. The van der Waals surface area contributed by atoms with Crippen LogP contribution in [-0.2, 0) is 74.0 Å². The van der Waals surface area contributed by atoms with Crippen LogP contribution in [0.15, 0.2) is 121 Å². The maximum atomic E-state index is 14.4. The SMILES string of the molecule is CCCCCCCCCCCCCCCC(=O)N[C@H](CO[C@@H]1O[C@@H](C)[C@@H](OCc2ccccc2)[C@@H](OCc2ccccc2)[C@@H]1OCc1ccccc1)C(=O)N[C@@H](CCC(=O)OCc1ccccc1)C(=O)NC. The predicted molar refractivity (Wildman–Crippen MR) is 279 cm³/mol. The number of hydrogen-bond donors (Lipinski definition) is 3. The monoisotopic (exact) mass is 992 g/mol. The van der Waals surface area contributed by atoms with Crippen molar-refractivity contribution in [1.29, 1.82) is 0 Å². The molecule has 0 saturated carbocycles. The standard InChI is InChI=1S/C59H81N3O10/c1-4-5-6-7-8-9-10-11-12-13-14-15-28-37-52(63)61-51(58(66)62-50(57(65)60-3)38-39-53(64)67-40-46-29-20-16-21-30-46)44-71-59-56(70-43-49-35-26-19-27-36-49)55(69-42-48-33-24-18-25-34-48)54(45(2)72-59)68-41-47-31-22-17-23-32-47/h16-27,29-36,45,50-51,54-56,59H,4-15,28,37-44H2,1-3H3,(H,60,65)(H,61,63)(H,62,66)/t45-,50-,51+,54+,55+,56-,59+/m0/s1. The number of nitrogens with one attached hydrogen (secondary N) is 3. The minimum absolute atomic E-state index is 0.0387. The van der Waals surface area contributed by atoms with E-state index in [1.165, 1.54) is 64.8 Å². The molecule has 1 fully saturated rings. The Kier molecular flexibility index (Phi) is 27.2. The van der Waals surface area contributed by atoms with Crippen molar-refractivity contribution in [3.63, 3.8) is 0 Å². The molecule has 1 aliphatic rings. The first-order valence-corrected chi connectivity index (χ1v) is 26.5. The van der Waals surface area contributed by atoms with Crippen LogP contribution in [0.4, 0.5) is 0 Å². The average molecular weight is 992 g/mol. The lowest BCUT2D eigenvalue weighted by atomic mass is 9.98. The number of likely N-dealkylation sites (N-methyl/N-ethyl adjacent to an activating group) is 1. The van der Waals surface area contributed by atoms with Gasteiger partial charge in [0, 0.05) is 19.9 Å². The summed E-state index contributed by atoms with van der Waals surface area (Å²) in [6, 6.07) is 36.3. The zero-order valence-corrected chi connectivity index (χ0v) is 43.0. The molecule has 5 rings (SSSR count). The van der Waals surface area contributed by atoms with Crippen molar-refractivity contribution in [2.45, 2.75) is 186 Å². The summed E-state index contributed by atoms with van der Waals surface area (Å²) in [4.78, 5) is 54.1. The molecular weight excluding hydrogens is 911 g/mol. The average Bonchev–Trinajstić information content (AvgIpc) is 3.41. The highest BCUT2D eigenvalue weighted by Gasteiger charge is 2.48. The lowest BCUT2D eigenvalue weighted by Crippen LogP contribution is -2.61. The fourth-order valence-corrected chi connectivity index (χ4v) is 8.73. The van der Waals surface area contributed by atoms with Crippen LogP contribution in [0.5, 0.6) is 0 Å². The number of ether oxygens (including phenoxy) is 6. The van der Waals surface area contributed by atoms with E-state index in [0.29, 0.717) is 13.0 Å². The van der Waals surface area contributed by atoms with Crippen LogP contribution in [0.2, 0.25) is 0 Å². The molecular formula is C59H81N3O10. The summed E-state index contributed by atoms with van der Waals surface area (Å²) in [7, 11) is 1.46. The summed E-state index contributed by atoms with van der Waals surface area (Å²) in [6.45, 7) is 4.62. The summed E-state index contributed by atoms with van der Waals surface area (Å²) in [5.74, 6) is -2.01. The Balaban J connectivity index is 1.29. The Bertz CT molecular complexity index is 2100. The topological polar surface area (TPSA) is 160 Å². The highest BCUT2D eigenvalue weighted by molar-refractivity contribution is 5.92. The largest absolute Gasteiger partial charge is 0.461 e. The lowest BCUT2D eigenvalue weighted by Gasteiger charge is -2.45. The number of benzene rings is 4. The minimum Gasteiger partial charge on any atom is -0.461 e. The van der Waals surface area contributed by atoms with Gasteiger partial charge in [-0.25, -0.2) is 0 Å². The van der Waals surface area contributed by atoms with E-state index >= 15 is 0 Å². The number of amides is 3. The quantitative estimate of drug-likeness (QED) is 0.0299. The van der Waals surface area contributed by atoms with E-state index in [2.05, 4.69) is 22.9 Å². The van der Waals surface area contributed by atoms with Crippen LogP contribution in [0.3, 0.4) is 0 Å². The number of esters is 1. The number of carbonyl (C=O) groups excluding carboxylic acids is 4. The Hall–Kier alpha value is -5.44. The second kappa shape index (κ2) is 34.1. The smallest absolute Gasteiger partial charge is 0.306 e. The Morgan fingerprint density at radius 1 is 0.500 bits per heavy atom. The predicted octanol–water partition coefficient (Wildman–Crippen LogP) is 10.2. The summed E-state index contributed by atoms with van der Waals surface area (Å²) in [6.07, 6.45) is 11.5. The van der Waals surface area contributed by atoms with E-state index in [9.17, 15) is 19.2 Å². The van der Waals surface area contributed by atoms with E-state index in [0.717, 1.165) is 41.5 Å². The van der Waals surface area contributed by atoms with Crippen LogP contribution in [0.1, 0.15) is 139 Å². The first-order chi connectivity index (χ1) is 35.2. The molecule has 0 aromatic heterocycles. The molecule has 13 heteroatoms. The van der Waals surface area contributed by atoms with Crippen molar-refractivity contribution in [3.05, 3.63) is 144 Å². The molecule has 392 valence electrons. The third kappa shape index (κ3) is 21.7. The number of carbonyl (C=O) groups is 4. The van der Waals surface area contributed by atoms with Gasteiger partial charge < -0.3 is 44.4 Å². The van der Waals surface area contributed by atoms with E-state index < -0.39 is 60.6 Å². The minimum atomic E-state index is -1.25. The normalized spacial score (nSPS) is 18.4. The molecule has 0 unspecified atom stereocenters. The summed E-state index contributed by atoms with van der Waals surface area (Å²) < 4.78 is 38.7. The van der Waals surface area contributed by atoms with Gasteiger partial charge in [-0.05, 0) is 42.0 Å². The van der Waals surface area contributed by atoms with Crippen molar-refractivity contribution in [2.75, 3.05) is 13.7 Å². The van der Waals surface area contributed by atoms with Crippen molar-refractivity contribution in [2.24, 2.45) is 0 Å². The molecule has 0 bridgehead atoms. The third-order valence-corrected chi connectivity index (χ3v) is 12.9. The van der Waals surface area contributed by atoms with Gasteiger partial charge in [-0.2, -0.15) is 0 Å². The molecule has 0 radical (unpaired) electrons. The molecule has 0 spiro atoms. The maximum absolute atomic E-state index is 14.4. The molecule has 13 nitrogen and oxygen atoms in total. The van der Waals surface area contributed by atoms with Crippen molar-refractivity contribution in [3.8, 4) is 0 Å². The van der Waals surface area contributed by atoms with Gasteiger partial charge in [-0.1, -0.05) is 205 Å². The molecule has 1 heterocycles. The number of unbranched alkanes of at least 4 members (excludes halogenated alkanes) is 12. The molecule has 4 aromatic rings. The van der Waals surface area contributed by atoms with Crippen molar-refractivity contribution < 1.29 is 47.6 Å². The first-order valence-electron chi connectivity index (χ1n) is 26.5. The van der Waals surface area contributed by atoms with Crippen molar-refractivity contribution in [1.82, 2.24) is 16.0 Å². The first kappa shape index (κ1) is 57.5. The second-order valence-corrected chi connectivity index (χ2v) is 18.8. The van der Waals surface area contributed by atoms with Gasteiger partial charge in [-0.15, -0.1) is 0 Å². The zero-order chi connectivity index (χ0) is 51.0. The van der Waals surface area contributed by atoms with Crippen LogP contribution >= 0.6 is 0 Å². The fourth-order valence-electron chi connectivity index (χ4n) is 8.73. The Labute approximate surface area is 428 Å². The summed E-state index contributed by atoms with van der Waals surface area (Å²) in [5.41, 5.74) is 3.68. The molecule has 3 amide bonds. The van der Waals surface area contributed by atoms with E-state index in [1.54, 1.807) is 0 Å². The van der Waals surface area contributed by atoms with Gasteiger partial charge >= 0.3 is 5.97 Å². The van der Waals surface area contributed by atoms with Crippen LogP contribution in [-0.4, -0.2) is 80.1 Å². The van der Waals surface area contributed by atoms with Crippen LogP contribution < -0.4 is 16.0 Å². The van der Waals surface area contributed by atoms with Gasteiger partial charge in [0.15, 0.2) is 6.29 Å². The lowest BCUT2D eigenvalue weighted by molar-refractivity contribution is -0.320. The highest BCUT2D eigenvalue weighted by Crippen LogP contribution is 2.31. The Morgan fingerprint density at radius 2 is 0.944 bits per heavy atom. The second-order valence-electron chi connectivity index (χ2n) is 18.8. The van der Waals surface area contributed by atoms with E-state index in [1.807, 2.05) is 128 Å². The van der Waals surface area contributed by atoms with Crippen LogP contribution in [0, 0.1) is 0 Å². The number of hydrogen-bond acceptors (Lipinski definition) is 10.